The number of amides is 1. The number of nitro benzene ring substituents is 1. The topological polar surface area (TPSA) is 84.3 Å². The Bertz CT molecular complexity index is 432. The summed E-state index contributed by atoms with van der Waals surface area (Å²) in [5.41, 5.74) is 1.29. The van der Waals surface area contributed by atoms with Crippen LogP contribution in [0.25, 0.3) is 0 Å². The van der Waals surface area contributed by atoms with Crippen molar-refractivity contribution < 1.29 is 9.72 Å². The summed E-state index contributed by atoms with van der Waals surface area (Å²) >= 11 is 0. The third-order valence-electron chi connectivity index (χ3n) is 2.23. The number of nitrogens with one attached hydrogen (secondary N) is 2. The number of non-ortho nitro benzene ring substituents is 1. The van der Waals surface area contributed by atoms with E-state index in [0.29, 0.717) is 17.8 Å². The minimum atomic E-state index is -0.461. The van der Waals surface area contributed by atoms with Gasteiger partial charge in [-0.15, -0.1) is 0 Å². The zero-order valence-electron chi connectivity index (χ0n) is 9.82. The molecule has 0 fully saturated rings. The predicted molar refractivity (Wildman–Crippen MR) is 65.0 cm³/mol. The highest BCUT2D eigenvalue weighted by molar-refractivity contribution is 5.93. The standard InChI is InChI=1S/C11H15N3O3/c1-3-12-7-11(15)13-10-5-4-9(14(16)17)6-8(10)2/h4-6,12H,3,7H2,1-2H3,(H,13,15). The van der Waals surface area contributed by atoms with E-state index in [2.05, 4.69) is 10.6 Å². The van der Waals surface area contributed by atoms with Crippen molar-refractivity contribution in [2.45, 2.75) is 13.8 Å². The highest BCUT2D eigenvalue weighted by Gasteiger charge is 2.09. The first-order valence-electron chi connectivity index (χ1n) is 5.30. The minimum absolute atomic E-state index is 0.0205. The maximum atomic E-state index is 11.4. The second kappa shape index (κ2) is 5.95. The zero-order valence-corrected chi connectivity index (χ0v) is 9.82. The molecule has 1 amide bonds. The van der Waals surface area contributed by atoms with Crippen molar-refractivity contribution in [3.8, 4) is 0 Å². The molecule has 0 unspecified atom stereocenters. The van der Waals surface area contributed by atoms with Crippen LogP contribution in [0.2, 0.25) is 0 Å². The quantitative estimate of drug-likeness (QED) is 0.599. The van der Waals surface area contributed by atoms with Gasteiger partial charge in [-0.1, -0.05) is 6.92 Å². The Morgan fingerprint density at radius 3 is 2.71 bits per heavy atom. The highest BCUT2D eigenvalue weighted by Crippen LogP contribution is 2.20. The van der Waals surface area contributed by atoms with Gasteiger partial charge in [0.2, 0.25) is 5.91 Å². The van der Waals surface area contributed by atoms with Crippen LogP contribution >= 0.6 is 0 Å². The van der Waals surface area contributed by atoms with E-state index in [1.807, 2.05) is 6.92 Å². The summed E-state index contributed by atoms with van der Waals surface area (Å²) in [6.07, 6.45) is 0. The molecule has 0 radical (unpaired) electrons. The zero-order chi connectivity index (χ0) is 12.8. The number of aryl methyl sites for hydroxylation is 1. The summed E-state index contributed by atoms with van der Waals surface area (Å²) in [6, 6.07) is 4.34. The molecule has 0 bridgehead atoms. The number of nitrogens with zero attached hydrogens (tertiary/aromatic N) is 1. The Hall–Kier alpha value is -1.95. The molecule has 0 aliphatic rings. The first-order valence-corrected chi connectivity index (χ1v) is 5.30. The van der Waals surface area contributed by atoms with Crippen molar-refractivity contribution in [3.63, 3.8) is 0 Å². The molecular formula is C11H15N3O3. The number of carbonyl (C=O) groups excluding carboxylic acids is 1. The normalized spacial score (nSPS) is 10.0. The molecule has 92 valence electrons. The SMILES string of the molecule is CCNCC(=O)Nc1ccc([N+](=O)[O-])cc1C. The highest BCUT2D eigenvalue weighted by atomic mass is 16.6. The van der Waals surface area contributed by atoms with Gasteiger partial charge in [0.25, 0.3) is 5.69 Å². The van der Waals surface area contributed by atoms with Crippen LogP contribution in [0.1, 0.15) is 12.5 Å². The van der Waals surface area contributed by atoms with E-state index >= 15 is 0 Å². The van der Waals surface area contributed by atoms with Gasteiger partial charge in [0.05, 0.1) is 11.5 Å². The molecule has 0 aromatic heterocycles. The van der Waals surface area contributed by atoms with Gasteiger partial charge in [-0.3, -0.25) is 14.9 Å². The van der Waals surface area contributed by atoms with Gasteiger partial charge in [0.15, 0.2) is 0 Å². The number of likely N-dealkylation sites (N-methyl/N-ethyl adjacent to an activating group) is 1. The van der Waals surface area contributed by atoms with Crippen LogP contribution in [0.3, 0.4) is 0 Å². The number of hydrogen-bond donors (Lipinski definition) is 2. The fraction of sp³-hybridized carbons (Fsp3) is 0.364. The third-order valence-corrected chi connectivity index (χ3v) is 2.23. The van der Waals surface area contributed by atoms with Crippen LogP contribution in [0.15, 0.2) is 18.2 Å². The second-order valence-electron chi connectivity index (χ2n) is 3.58. The molecule has 1 aromatic carbocycles. The number of benzene rings is 1. The lowest BCUT2D eigenvalue weighted by molar-refractivity contribution is -0.384. The fourth-order valence-electron chi connectivity index (χ4n) is 1.33. The van der Waals surface area contributed by atoms with E-state index in [1.165, 1.54) is 18.2 Å². The molecule has 0 aliphatic carbocycles. The first-order chi connectivity index (χ1) is 8.04. The number of hydrogen-bond acceptors (Lipinski definition) is 4. The lowest BCUT2D eigenvalue weighted by atomic mass is 10.2. The smallest absolute Gasteiger partial charge is 0.269 e. The number of carbonyl (C=O) groups is 1. The molecule has 6 heteroatoms. The van der Waals surface area contributed by atoms with Crippen molar-refractivity contribution >= 4 is 17.3 Å². The van der Waals surface area contributed by atoms with E-state index in [4.69, 9.17) is 0 Å². The predicted octanol–water partition coefficient (Wildman–Crippen LogP) is 1.45. The summed E-state index contributed by atoms with van der Waals surface area (Å²) in [6.45, 7) is 4.57. The summed E-state index contributed by atoms with van der Waals surface area (Å²) in [5.74, 6) is -0.163. The van der Waals surface area contributed by atoms with Gasteiger partial charge in [0, 0.05) is 17.8 Å². The van der Waals surface area contributed by atoms with Crippen molar-refractivity contribution in [2.24, 2.45) is 0 Å². The van der Waals surface area contributed by atoms with Gasteiger partial charge >= 0.3 is 0 Å². The molecule has 0 saturated heterocycles. The Morgan fingerprint density at radius 1 is 1.47 bits per heavy atom. The Labute approximate surface area is 99.2 Å². The largest absolute Gasteiger partial charge is 0.325 e. The number of anilines is 1. The van der Waals surface area contributed by atoms with Crippen LogP contribution in [-0.2, 0) is 4.79 Å². The number of nitro groups is 1. The van der Waals surface area contributed by atoms with E-state index in [1.54, 1.807) is 6.92 Å². The van der Waals surface area contributed by atoms with E-state index in [9.17, 15) is 14.9 Å². The summed E-state index contributed by atoms with van der Waals surface area (Å²) in [5, 5.41) is 16.1. The molecule has 1 aromatic rings. The molecule has 2 N–H and O–H groups in total. The summed E-state index contributed by atoms with van der Waals surface area (Å²) in [4.78, 5) is 21.5. The van der Waals surface area contributed by atoms with Gasteiger partial charge in [-0.05, 0) is 25.1 Å². The second-order valence-corrected chi connectivity index (χ2v) is 3.58. The molecule has 0 heterocycles. The van der Waals surface area contributed by atoms with Gasteiger partial charge < -0.3 is 10.6 Å². The third kappa shape index (κ3) is 3.84. The average Bonchev–Trinajstić information content (AvgIpc) is 2.28. The molecule has 0 saturated carbocycles. The van der Waals surface area contributed by atoms with E-state index in [-0.39, 0.29) is 18.1 Å². The summed E-state index contributed by atoms with van der Waals surface area (Å²) < 4.78 is 0. The Morgan fingerprint density at radius 2 is 2.18 bits per heavy atom. The van der Waals surface area contributed by atoms with Crippen LogP contribution in [0, 0.1) is 17.0 Å². The lowest BCUT2D eigenvalue weighted by Gasteiger charge is -2.08. The van der Waals surface area contributed by atoms with Crippen molar-refractivity contribution in [1.29, 1.82) is 0 Å². The Kier molecular flexibility index (Phi) is 4.59. The van der Waals surface area contributed by atoms with Gasteiger partial charge in [-0.2, -0.15) is 0 Å². The maximum Gasteiger partial charge on any atom is 0.269 e. The van der Waals surface area contributed by atoms with Crippen LogP contribution in [0.5, 0.6) is 0 Å². The van der Waals surface area contributed by atoms with Crippen LogP contribution in [0.4, 0.5) is 11.4 Å². The average molecular weight is 237 g/mol. The molecule has 1 rings (SSSR count). The lowest BCUT2D eigenvalue weighted by Crippen LogP contribution is -2.27. The molecule has 0 spiro atoms. The van der Waals surface area contributed by atoms with Crippen LogP contribution < -0.4 is 10.6 Å². The molecule has 0 atom stereocenters. The monoisotopic (exact) mass is 237 g/mol. The van der Waals surface area contributed by atoms with Crippen LogP contribution in [-0.4, -0.2) is 23.9 Å². The van der Waals surface area contributed by atoms with Crippen molar-refractivity contribution in [2.75, 3.05) is 18.4 Å². The molecular weight excluding hydrogens is 222 g/mol. The van der Waals surface area contributed by atoms with Crippen molar-refractivity contribution in [1.82, 2.24) is 5.32 Å². The van der Waals surface area contributed by atoms with Gasteiger partial charge in [0.1, 0.15) is 0 Å². The van der Waals surface area contributed by atoms with Gasteiger partial charge in [-0.25, -0.2) is 0 Å². The fourth-order valence-corrected chi connectivity index (χ4v) is 1.33. The molecule has 6 nitrogen and oxygen atoms in total. The van der Waals surface area contributed by atoms with E-state index < -0.39 is 4.92 Å². The van der Waals surface area contributed by atoms with E-state index in [0.717, 1.165) is 0 Å². The molecule has 17 heavy (non-hydrogen) atoms. The maximum absolute atomic E-state index is 11.4. The summed E-state index contributed by atoms with van der Waals surface area (Å²) in [7, 11) is 0. The first kappa shape index (κ1) is 13.1. The number of rotatable bonds is 5. The van der Waals surface area contributed by atoms with Crippen molar-refractivity contribution in [3.05, 3.63) is 33.9 Å². The minimum Gasteiger partial charge on any atom is -0.325 e. The Balaban J connectivity index is 2.72. The molecule has 0 aliphatic heterocycles.